The molecule has 5 nitrogen and oxygen atoms in total. The number of nitrogen functional groups attached to an aromatic ring is 1. The highest BCUT2D eigenvalue weighted by atomic mass is 19.1. The number of rotatable bonds is 3. The van der Waals surface area contributed by atoms with Gasteiger partial charge in [-0.2, -0.15) is 0 Å². The molecule has 0 spiro atoms. The lowest BCUT2D eigenvalue weighted by Gasteiger charge is -2.15. The van der Waals surface area contributed by atoms with E-state index in [1.807, 2.05) is 25.1 Å². The Morgan fingerprint density at radius 2 is 2.12 bits per heavy atom. The predicted octanol–water partition coefficient (Wildman–Crippen LogP) is 3.42. The predicted molar refractivity (Wildman–Crippen MR) is 99.1 cm³/mol. The highest BCUT2D eigenvalue weighted by Crippen LogP contribution is 2.35. The molecule has 26 heavy (non-hydrogen) atoms. The van der Waals surface area contributed by atoms with Crippen LogP contribution in [0.2, 0.25) is 0 Å². The lowest BCUT2D eigenvalue weighted by molar-refractivity contribution is -0.117. The third-order valence-electron chi connectivity index (χ3n) is 4.80. The molecule has 6 heteroatoms. The third-order valence-corrected chi connectivity index (χ3v) is 4.80. The van der Waals surface area contributed by atoms with Gasteiger partial charge in [-0.1, -0.05) is 12.2 Å². The smallest absolute Gasteiger partial charge is 0.231 e. The number of hydrogen-bond donors (Lipinski definition) is 2. The number of pyridine rings is 1. The van der Waals surface area contributed by atoms with Crippen LogP contribution in [0, 0.1) is 5.92 Å². The molecule has 1 fully saturated rings. The first-order valence-corrected chi connectivity index (χ1v) is 8.49. The van der Waals surface area contributed by atoms with Crippen LogP contribution in [0.5, 0.6) is 0 Å². The highest BCUT2D eigenvalue weighted by molar-refractivity contribution is 6.24. The van der Waals surface area contributed by atoms with E-state index in [9.17, 15) is 14.0 Å². The van der Waals surface area contributed by atoms with Gasteiger partial charge in [-0.3, -0.25) is 9.59 Å². The monoisotopic (exact) mass is 351 g/mol. The summed E-state index contributed by atoms with van der Waals surface area (Å²) in [6.45, 7) is 1.89. The highest BCUT2D eigenvalue weighted by Gasteiger charge is 2.43. The zero-order chi connectivity index (χ0) is 18.4. The van der Waals surface area contributed by atoms with Crippen molar-refractivity contribution in [1.29, 1.82) is 0 Å². The van der Waals surface area contributed by atoms with Crippen LogP contribution in [0.15, 0.2) is 42.1 Å². The Morgan fingerprint density at radius 3 is 2.81 bits per heavy atom. The quantitative estimate of drug-likeness (QED) is 0.830. The second kappa shape index (κ2) is 6.05. The van der Waals surface area contributed by atoms with Crippen LogP contribution in [-0.4, -0.2) is 22.8 Å². The zero-order valence-electron chi connectivity index (χ0n) is 14.3. The topological polar surface area (TPSA) is 85.1 Å². The fraction of sp³-hybridized carbons (Fsp3) is 0.250. The second-order valence-corrected chi connectivity index (χ2v) is 6.79. The molecule has 3 N–H and O–H groups in total. The van der Waals surface area contributed by atoms with Crippen LogP contribution in [-0.2, 0) is 9.59 Å². The largest absolute Gasteiger partial charge is 0.398 e. The van der Waals surface area contributed by atoms with E-state index in [1.165, 1.54) is 0 Å². The van der Waals surface area contributed by atoms with E-state index in [0.29, 0.717) is 23.5 Å². The van der Waals surface area contributed by atoms with E-state index in [4.69, 9.17) is 5.73 Å². The number of ketones is 1. The van der Waals surface area contributed by atoms with E-state index in [2.05, 4.69) is 10.3 Å². The number of carbonyl (C=O) groups excluding carboxylic acids is 2. The third kappa shape index (κ3) is 2.87. The minimum Gasteiger partial charge on any atom is -0.398 e. The standard InChI is InChI=1S/C20H18FN3O2/c1-10-3-2-4-17(25)19(10)12-5-11-7-18(23-9-14(11)16(22)6-12)24-20(26)13-8-15(13)21/h2-3,5-7,9,13,15H,4,8,22H2,1H3,(H,23,24,26)/t13-,15+/m0/s1. The Morgan fingerprint density at radius 1 is 1.35 bits per heavy atom. The van der Waals surface area contributed by atoms with E-state index >= 15 is 0 Å². The molecule has 132 valence electrons. The van der Waals surface area contributed by atoms with Crippen LogP contribution >= 0.6 is 0 Å². The van der Waals surface area contributed by atoms with Gasteiger partial charge in [0.1, 0.15) is 12.0 Å². The van der Waals surface area contributed by atoms with Crippen LogP contribution < -0.4 is 11.1 Å². The normalized spacial score (nSPS) is 22.0. The molecule has 1 aromatic carbocycles. The number of halogens is 1. The summed E-state index contributed by atoms with van der Waals surface area (Å²) >= 11 is 0. The van der Waals surface area contributed by atoms with E-state index in [0.717, 1.165) is 21.9 Å². The summed E-state index contributed by atoms with van der Waals surface area (Å²) in [5.74, 6) is -0.546. The fourth-order valence-electron chi connectivity index (χ4n) is 3.29. The minimum absolute atomic E-state index is 0.0500. The maximum atomic E-state index is 13.0. The number of aromatic nitrogens is 1. The number of allylic oxidation sites excluding steroid dienone is 4. The summed E-state index contributed by atoms with van der Waals surface area (Å²) in [4.78, 5) is 28.4. The number of amides is 1. The molecule has 0 bridgehead atoms. The number of Topliss-reactive ketones (excluding diaryl/α,β-unsaturated/α-hetero) is 1. The average Bonchev–Trinajstić information content (AvgIpc) is 3.31. The number of alkyl halides is 1. The van der Waals surface area contributed by atoms with Gasteiger partial charge in [-0.05, 0) is 48.1 Å². The Hall–Kier alpha value is -3.02. The summed E-state index contributed by atoms with van der Waals surface area (Å²) < 4.78 is 13.0. The van der Waals surface area contributed by atoms with Gasteiger partial charge in [-0.15, -0.1) is 0 Å². The molecule has 2 aliphatic rings. The SMILES string of the molecule is CC1=C(c2cc(N)c3cnc(NC(=O)[C@H]4C[C@H]4F)cc3c2)C(=O)CC=C1. The van der Waals surface area contributed by atoms with Crippen molar-refractivity contribution >= 4 is 39.5 Å². The molecule has 0 unspecified atom stereocenters. The van der Waals surface area contributed by atoms with E-state index < -0.39 is 12.1 Å². The zero-order valence-corrected chi connectivity index (χ0v) is 14.3. The summed E-state index contributed by atoms with van der Waals surface area (Å²) in [7, 11) is 0. The van der Waals surface area contributed by atoms with Crippen molar-refractivity contribution in [3.8, 4) is 0 Å². The molecular formula is C20H18FN3O2. The number of hydrogen-bond acceptors (Lipinski definition) is 4. The van der Waals surface area contributed by atoms with Gasteiger partial charge in [0.2, 0.25) is 5.91 Å². The molecule has 4 rings (SSSR count). The number of carbonyl (C=O) groups is 2. The van der Waals surface area contributed by atoms with Crippen molar-refractivity contribution in [2.45, 2.75) is 25.9 Å². The number of benzene rings is 1. The molecule has 1 aromatic heterocycles. The summed E-state index contributed by atoms with van der Waals surface area (Å²) in [6.07, 6.45) is 4.93. The first-order valence-electron chi connectivity index (χ1n) is 8.49. The molecular weight excluding hydrogens is 333 g/mol. The van der Waals surface area contributed by atoms with Gasteiger partial charge in [0.05, 0.1) is 5.92 Å². The number of nitrogens with two attached hydrogens (primary N) is 1. The van der Waals surface area contributed by atoms with Crippen molar-refractivity contribution in [1.82, 2.24) is 4.98 Å². The maximum absolute atomic E-state index is 13.0. The number of anilines is 2. The summed E-state index contributed by atoms with van der Waals surface area (Å²) in [6, 6.07) is 5.34. The van der Waals surface area contributed by atoms with Gasteiger partial charge < -0.3 is 11.1 Å². The lowest BCUT2D eigenvalue weighted by atomic mass is 9.90. The molecule has 1 saturated carbocycles. The van der Waals surface area contributed by atoms with Crippen molar-refractivity contribution in [2.75, 3.05) is 11.1 Å². The molecule has 2 aliphatic carbocycles. The van der Waals surface area contributed by atoms with Gasteiger partial charge in [0, 0.05) is 29.3 Å². The van der Waals surface area contributed by atoms with Crippen molar-refractivity contribution in [2.24, 2.45) is 5.92 Å². The van der Waals surface area contributed by atoms with Gasteiger partial charge in [-0.25, -0.2) is 9.37 Å². The lowest BCUT2D eigenvalue weighted by Crippen LogP contribution is -2.15. The summed E-state index contributed by atoms with van der Waals surface area (Å²) in [5, 5.41) is 4.14. The Balaban J connectivity index is 1.74. The van der Waals surface area contributed by atoms with Gasteiger partial charge in [0.25, 0.3) is 0 Å². The average molecular weight is 351 g/mol. The fourth-order valence-corrected chi connectivity index (χ4v) is 3.29. The molecule has 2 atom stereocenters. The van der Waals surface area contributed by atoms with E-state index in [1.54, 1.807) is 18.3 Å². The van der Waals surface area contributed by atoms with Crippen molar-refractivity contribution < 1.29 is 14.0 Å². The van der Waals surface area contributed by atoms with Crippen LogP contribution in [0.25, 0.3) is 16.3 Å². The molecule has 2 aromatic rings. The molecule has 1 heterocycles. The number of fused-ring (bicyclic) bond motifs is 1. The van der Waals surface area contributed by atoms with E-state index in [-0.39, 0.29) is 18.1 Å². The van der Waals surface area contributed by atoms with Crippen LogP contribution in [0.4, 0.5) is 15.9 Å². The first-order chi connectivity index (χ1) is 12.4. The van der Waals surface area contributed by atoms with Gasteiger partial charge >= 0.3 is 0 Å². The number of nitrogens with zero attached hydrogens (tertiary/aromatic N) is 1. The molecule has 0 aliphatic heterocycles. The first kappa shape index (κ1) is 16.4. The molecule has 1 amide bonds. The molecule has 0 radical (unpaired) electrons. The summed E-state index contributed by atoms with van der Waals surface area (Å²) in [5.41, 5.74) is 8.96. The molecule has 0 saturated heterocycles. The second-order valence-electron chi connectivity index (χ2n) is 6.79. The van der Waals surface area contributed by atoms with Crippen molar-refractivity contribution in [3.05, 3.63) is 47.7 Å². The Kier molecular flexibility index (Phi) is 3.83. The Bertz CT molecular complexity index is 1010. The van der Waals surface area contributed by atoms with Crippen LogP contribution in [0.1, 0.15) is 25.3 Å². The number of nitrogens with one attached hydrogen (secondary N) is 1. The maximum Gasteiger partial charge on any atom is 0.231 e. The minimum atomic E-state index is -1.06. The Labute approximate surface area is 149 Å². The van der Waals surface area contributed by atoms with Crippen LogP contribution in [0.3, 0.4) is 0 Å². The van der Waals surface area contributed by atoms with Gasteiger partial charge in [0.15, 0.2) is 5.78 Å². The van der Waals surface area contributed by atoms with Crippen molar-refractivity contribution in [3.63, 3.8) is 0 Å².